The van der Waals surface area contributed by atoms with Crippen molar-refractivity contribution in [3.05, 3.63) is 34.1 Å². The third kappa shape index (κ3) is 8.30. The van der Waals surface area contributed by atoms with Crippen LogP contribution in [-0.4, -0.2) is 32.8 Å². The molecule has 0 saturated heterocycles. The van der Waals surface area contributed by atoms with Gasteiger partial charge in [0, 0.05) is 43.4 Å². The summed E-state index contributed by atoms with van der Waals surface area (Å²) in [6, 6.07) is 5.04. The molecule has 0 bridgehead atoms. The van der Waals surface area contributed by atoms with Crippen LogP contribution in [0.4, 0.5) is 4.39 Å². The van der Waals surface area contributed by atoms with Crippen LogP contribution in [0.15, 0.2) is 27.7 Å². The molecule has 0 unspecified atom stereocenters. The van der Waals surface area contributed by atoms with Gasteiger partial charge in [-0.05, 0) is 37.3 Å². The lowest BCUT2D eigenvalue weighted by molar-refractivity contribution is 0.123. The van der Waals surface area contributed by atoms with E-state index in [-0.39, 0.29) is 29.8 Å². The highest BCUT2D eigenvalue weighted by Crippen LogP contribution is 2.28. The fourth-order valence-corrected chi connectivity index (χ4v) is 2.31. The molecular weight excluding hydrogens is 476 g/mol. The number of hydrogen-bond donors (Lipinski definition) is 2. The van der Waals surface area contributed by atoms with Crippen molar-refractivity contribution in [1.29, 1.82) is 0 Å². The Kier molecular flexibility index (Phi) is 10.0. The van der Waals surface area contributed by atoms with Crippen LogP contribution in [-0.2, 0) is 11.3 Å². The van der Waals surface area contributed by atoms with Crippen LogP contribution >= 0.6 is 39.9 Å². The van der Waals surface area contributed by atoms with E-state index in [4.69, 9.17) is 4.74 Å². The van der Waals surface area contributed by atoms with Gasteiger partial charge < -0.3 is 15.4 Å². The highest BCUT2D eigenvalue weighted by atomic mass is 127. The molecule has 1 saturated carbocycles. The number of rotatable bonds is 8. The summed E-state index contributed by atoms with van der Waals surface area (Å²) in [5.41, 5.74) is 0.610. The number of hydrogen-bond acceptors (Lipinski definition) is 2. The summed E-state index contributed by atoms with van der Waals surface area (Å²) in [6.07, 6.45) is 3.57. The van der Waals surface area contributed by atoms with Crippen molar-refractivity contribution >= 4 is 45.9 Å². The van der Waals surface area contributed by atoms with Crippen LogP contribution < -0.4 is 10.6 Å². The van der Waals surface area contributed by atoms with Gasteiger partial charge in [-0.25, -0.2) is 4.39 Å². The first kappa shape index (κ1) is 20.6. The smallest absolute Gasteiger partial charge is 0.191 e. The van der Waals surface area contributed by atoms with Crippen LogP contribution in [0.3, 0.4) is 0 Å². The minimum absolute atomic E-state index is 0. The Morgan fingerprint density at radius 2 is 2.17 bits per heavy atom. The van der Waals surface area contributed by atoms with Gasteiger partial charge >= 0.3 is 0 Å². The number of benzene rings is 1. The van der Waals surface area contributed by atoms with Crippen molar-refractivity contribution in [3.8, 4) is 0 Å². The van der Waals surface area contributed by atoms with E-state index in [0.29, 0.717) is 18.1 Å². The van der Waals surface area contributed by atoms with Crippen molar-refractivity contribution < 1.29 is 9.13 Å². The maximum atomic E-state index is 13.7. The van der Waals surface area contributed by atoms with Gasteiger partial charge in [0.1, 0.15) is 5.82 Å². The molecule has 0 atom stereocenters. The molecule has 0 aromatic heterocycles. The minimum atomic E-state index is -0.231. The Balaban J connectivity index is 0.00000264. The third-order valence-corrected chi connectivity index (χ3v) is 3.99. The van der Waals surface area contributed by atoms with Crippen LogP contribution in [0.5, 0.6) is 0 Å². The Labute approximate surface area is 162 Å². The summed E-state index contributed by atoms with van der Waals surface area (Å²) in [7, 11) is 1.71. The fraction of sp³-hybridized carbons (Fsp3) is 0.562. The van der Waals surface area contributed by atoms with Gasteiger partial charge in [0.25, 0.3) is 0 Å². The first-order valence-corrected chi connectivity index (χ1v) is 8.44. The molecule has 1 aromatic rings. The van der Waals surface area contributed by atoms with Gasteiger partial charge in [0.15, 0.2) is 5.96 Å². The quantitative estimate of drug-likeness (QED) is 0.248. The molecule has 1 aliphatic rings. The summed E-state index contributed by atoms with van der Waals surface area (Å²) in [6.45, 7) is 2.85. The molecule has 23 heavy (non-hydrogen) atoms. The standard InChI is InChI=1S/C16H23BrFN3O.HI/c1-19-16(20-7-2-8-22-11-12-3-4-12)21-10-13-5-6-14(17)9-15(13)18;/h5-6,9,12H,2-4,7-8,10-11H2,1H3,(H2,19,20,21);1H. The van der Waals surface area contributed by atoms with E-state index in [2.05, 4.69) is 31.6 Å². The first-order valence-electron chi connectivity index (χ1n) is 7.65. The minimum Gasteiger partial charge on any atom is -0.381 e. The van der Waals surface area contributed by atoms with E-state index in [1.165, 1.54) is 18.9 Å². The van der Waals surface area contributed by atoms with E-state index >= 15 is 0 Å². The van der Waals surface area contributed by atoms with Gasteiger partial charge in [-0.2, -0.15) is 0 Å². The molecule has 2 N–H and O–H groups in total. The maximum Gasteiger partial charge on any atom is 0.191 e. The van der Waals surface area contributed by atoms with Gasteiger partial charge in [-0.1, -0.05) is 22.0 Å². The average Bonchev–Trinajstić information content (AvgIpc) is 3.31. The molecule has 0 radical (unpaired) electrons. The van der Waals surface area contributed by atoms with E-state index < -0.39 is 0 Å². The Morgan fingerprint density at radius 1 is 1.39 bits per heavy atom. The molecule has 1 aliphatic carbocycles. The van der Waals surface area contributed by atoms with Crippen LogP contribution in [0.25, 0.3) is 0 Å². The van der Waals surface area contributed by atoms with Crippen molar-refractivity contribution in [1.82, 2.24) is 10.6 Å². The van der Waals surface area contributed by atoms with Crippen molar-refractivity contribution in [2.75, 3.05) is 26.8 Å². The average molecular weight is 500 g/mol. The van der Waals surface area contributed by atoms with E-state index in [1.807, 2.05) is 6.07 Å². The van der Waals surface area contributed by atoms with Crippen molar-refractivity contribution in [2.24, 2.45) is 10.9 Å². The molecule has 130 valence electrons. The molecule has 0 amide bonds. The van der Waals surface area contributed by atoms with Gasteiger partial charge in [-0.3, -0.25) is 4.99 Å². The third-order valence-electron chi connectivity index (χ3n) is 3.49. The normalized spacial score (nSPS) is 14.3. The van der Waals surface area contributed by atoms with Crippen LogP contribution in [0.1, 0.15) is 24.8 Å². The highest BCUT2D eigenvalue weighted by Gasteiger charge is 2.20. The molecule has 2 rings (SSSR count). The lowest BCUT2D eigenvalue weighted by atomic mass is 10.2. The molecule has 0 spiro atoms. The highest BCUT2D eigenvalue weighted by molar-refractivity contribution is 14.0. The second-order valence-electron chi connectivity index (χ2n) is 5.46. The maximum absolute atomic E-state index is 13.7. The second-order valence-corrected chi connectivity index (χ2v) is 6.38. The zero-order valence-corrected chi connectivity index (χ0v) is 17.2. The molecule has 0 aliphatic heterocycles. The van der Waals surface area contributed by atoms with Gasteiger partial charge in [0.05, 0.1) is 0 Å². The molecular formula is C16H24BrFIN3O. The summed E-state index contributed by atoms with van der Waals surface area (Å²) >= 11 is 3.25. The SMILES string of the molecule is CN=C(NCCCOCC1CC1)NCc1ccc(Br)cc1F.I. The van der Waals surface area contributed by atoms with E-state index in [0.717, 1.165) is 36.6 Å². The number of nitrogens with one attached hydrogen (secondary N) is 2. The molecule has 1 aromatic carbocycles. The van der Waals surface area contributed by atoms with Crippen LogP contribution in [0, 0.1) is 11.7 Å². The fourth-order valence-electron chi connectivity index (χ4n) is 1.98. The molecule has 1 fully saturated rings. The second kappa shape index (κ2) is 11.2. The number of ether oxygens (including phenoxy) is 1. The Morgan fingerprint density at radius 3 is 2.83 bits per heavy atom. The predicted molar refractivity (Wildman–Crippen MR) is 106 cm³/mol. The first-order chi connectivity index (χ1) is 10.7. The Hall–Kier alpha value is -0.410. The monoisotopic (exact) mass is 499 g/mol. The molecule has 4 nitrogen and oxygen atoms in total. The van der Waals surface area contributed by atoms with Crippen molar-refractivity contribution in [3.63, 3.8) is 0 Å². The summed E-state index contributed by atoms with van der Waals surface area (Å²) in [5, 5.41) is 6.31. The number of nitrogens with zero attached hydrogens (tertiary/aromatic N) is 1. The Bertz CT molecular complexity index is 512. The zero-order valence-electron chi connectivity index (χ0n) is 13.3. The lowest BCUT2D eigenvalue weighted by Crippen LogP contribution is -2.37. The summed E-state index contributed by atoms with van der Waals surface area (Å²) in [5.74, 6) is 1.25. The summed E-state index contributed by atoms with van der Waals surface area (Å²) < 4.78 is 20.0. The number of halogens is 3. The van der Waals surface area contributed by atoms with E-state index in [9.17, 15) is 4.39 Å². The zero-order chi connectivity index (χ0) is 15.8. The van der Waals surface area contributed by atoms with Crippen LogP contribution in [0.2, 0.25) is 0 Å². The largest absolute Gasteiger partial charge is 0.381 e. The molecule has 7 heteroatoms. The number of guanidine groups is 1. The van der Waals surface area contributed by atoms with Gasteiger partial charge in [0.2, 0.25) is 0 Å². The molecule has 0 heterocycles. The lowest BCUT2D eigenvalue weighted by Gasteiger charge is -2.12. The topological polar surface area (TPSA) is 45.7 Å². The van der Waals surface area contributed by atoms with E-state index in [1.54, 1.807) is 13.1 Å². The van der Waals surface area contributed by atoms with Gasteiger partial charge in [-0.15, -0.1) is 24.0 Å². The number of aliphatic imine (C=N–C) groups is 1. The predicted octanol–water partition coefficient (Wildman–Crippen LogP) is 3.69. The summed E-state index contributed by atoms with van der Waals surface area (Å²) in [4.78, 5) is 4.13. The van der Waals surface area contributed by atoms with Crippen molar-refractivity contribution in [2.45, 2.75) is 25.8 Å².